The maximum absolute atomic E-state index is 12.5. The van der Waals surface area contributed by atoms with Crippen molar-refractivity contribution >= 4 is 0 Å². The highest BCUT2D eigenvalue weighted by atomic mass is 19.4. The van der Waals surface area contributed by atoms with Crippen LogP contribution in [0, 0.1) is 5.92 Å². The van der Waals surface area contributed by atoms with Gasteiger partial charge in [0.1, 0.15) is 0 Å². The molecule has 0 spiro atoms. The molecule has 0 saturated heterocycles. The first-order valence-corrected chi connectivity index (χ1v) is 7.40. The molecular weight excluding hydrogens is 263 g/mol. The summed E-state index contributed by atoms with van der Waals surface area (Å²) in [5, 5.41) is 3.40. The van der Waals surface area contributed by atoms with E-state index in [0.29, 0.717) is 12.8 Å². The lowest BCUT2D eigenvalue weighted by molar-refractivity contribution is -0.182. The minimum atomic E-state index is -4.00. The second kappa shape index (κ2) is 7.11. The normalized spacial score (nSPS) is 23.8. The van der Waals surface area contributed by atoms with Crippen LogP contribution < -0.4 is 5.32 Å². The smallest absolute Gasteiger partial charge is 0.314 e. The number of hydrogen-bond donors (Lipinski definition) is 1. The molecule has 1 saturated carbocycles. The number of hydrogen-bond acceptors (Lipinski definition) is 1. The Morgan fingerprint density at radius 2 is 1.65 bits per heavy atom. The Morgan fingerprint density at radius 1 is 1.00 bits per heavy atom. The Bertz CT molecular complexity index is 380. The highest BCUT2D eigenvalue weighted by Gasteiger charge is 2.41. The third kappa shape index (κ3) is 4.82. The van der Waals surface area contributed by atoms with Gasteiger partial charge in [-0.3, -0.25) is 0 Å². The van der Waals surface area contributed by atoms with Crippen molar-refractivity contribution in [2.45, 2.75) is 50.7 Å². The van der Waals surface area contributed by atoms with Gasteiger partial charge in [0.2, 0.25) is 0 Å². The summed E-state index contributed by atoms with van der Waals surface area (Å²) < 4.78 is 37.6. The van der Waals surface area contributed by atoms with Crippen molar-refractivity contribution in [2.75, 3.05) is 6.54 Å². The average molecular weight is 285 g/mol. The van der Waals surface area contributed by atoms with Crippen LogP contribution in [0.4, 0.5) is 13.2 Å². The van der Waals surface area contributed by atoms with Gasteiger partial charge in [0.25, 0.3) is 0 Å². The van der Waals surface area contributed by atoms with Gasteiger partial charge in [-0.25, -0.2) is 0 Å². The van der Waals surface area contributed by atoms with Crippen LogP contribution in [0.5, 0.6) is 0 Å². The molecule has 0 amide bonds. The monoisotopic (exact) mass is 285 g/mol. The van der Waals surface area contributed by atoms with Gasteiger partial charge in [0.05, 0.1) is 5.92 Å². The molecule has 0 atom stereocenters. The van der Waals surface area contributed by atoms with Gasteiger partial charge in [-0.2, -0.15) is 13.2 Å². The maximum atomic E-state index is 12.5. The molecule has 4 heteroatoms. The zero-order chi connectivity index (χ0) is 14.4. The molecule has 1 aliphatic rings. The van der Waals surface area contributed by atoms with Gasteiger partial charge in [0.15, 0.2) is 0 Å². The first-order valence-electron chi connectivity index (χ1n) is 7.40. The zero-order valence-corrected chi connectivity index (χ0v) is 11.6. The van der Waals surface area contributed by atoms with Crippen molar-refractivity contribution in [2.24, 2.45) is 5.92 Å². The van der Waals surface area contributed by atoms with E-state index in [1.807, 2.05) is 18.2 Å². The van der Waals surface area contributed by atoms with Crippen molar-refractivity contribution in [3.05, 3.63) is 35.9 Å². The molecule has 1 aliphatic carbocycles. The van der Waals surface area contributed by atoms with E-state index in [4.69, 9.17) is 0 Å². The molecule has 0 unspecified atom stereocenters. The van der Waals surface area contributed by atoms with E-state index in [0.717, 1.165) is 19.4 Å². The number of aryl methyl sites for hydroxylation is 1. The fraction of sp³-hybridized carbons (Fsp3) is 0.625. The van der Waals surface area contributed by atoms with Gasteiger partial charge >= 0.3 is 6.18 Å². The largest absolute Gasteiger partial charge is 0.391 e. The number of nitrogens with one attached hydrogen (secondary N) is 1. The Labute approximate surface area is 118 Å². The molecule has 1 fully saturated rings. The summed E-state index contributed by atoms with van der Waals surface area (Å²) in [6, 6.07) is 10.5. The van der Waals surface area contributed by atoms with Crippen LogP contribution in [0.15, 0.2) is 30.3 Å². The van der Waals surface area contributed by atoms with E-state index < -0.39 is 12.1 Å². The first-order chi connectivity index (χ1) is 9.55. The quantitative estimate of drug-likeness (QED) is 0.794. The lowest BCUT2D eigenvalue weighted by Gasteiger charge is -2.30. The zero-order valence-electron chi connectivity index (χ0n) is 11.6. The van der Waals surface area contributed by atoms with Crippen LogP contribution >= 0.6 is 0 Å². The molecule has 1 aromatic rings. The van der Waals surface area contributed by atoms with Gasteiger partial charge in [0, 0.05) is 6.04 Å². The third-order valence-electron chi connectivity index (χ3n) is 4.11. The summed E-state index contributed by atoms with van der Waals surface area (Å²) in [4.78, 5) is 0. The molecule has 20 heavy (non-hydrogen) atoms. The van der Waals surface area contributed by atoms with Crippen molar-refractivity contribution < 1.29 is 13.2 Å². The second-order valence-electron chi connectivity index (χ2n) is 5.63. The fourth-order valence-corrected chi connectivity index (χ4v) is 2.87. The number of benzene rings is 1. The van der Waals surface area contributed by atoms with Crippen LogP contribution in [0.3, 0.4) is 0 Å². The Kier molecular flexibility index (Phi) is 5.46. The summed E-state index contributed by atoms with van der Waals surface area (Å²) in [5.74, 6) is -1.08. The SMILES string of the molecule is FC(F)(F)C1CCC(NCCCc2ccccc2)CC1. The third-order valence-corrected chi connectivity index (χ3v) is 4.11. The minimum absolute atomic E-state index is 0.268. The molecule has 0 aromatic heterocycles. The second-order valence-corrected chi connectivity index (χ2v) is 5.63. The predicted octanol–water partition coefficient (Wildman–Crippen LogP) is 4.33. The van der Waals surface area contributed by atoms with Crippen LogP contribution in [-0.2, 0) is 6.42 Å². The number of halogens is 3. The molecular formula is C16H22F3N. The number of rotatable bonds is 5. The molecule has 0 bridgehead atoms. The average Bonchev–Trinajstić information content (AvgIpc) is 2.44. The molecule has 2 rings (SSSR count). The van der Waals surface area contributed by atoms with E-state index in [2.05, 4.69) is 17.4 Å². The van der Waals surface area contributed by atoms with Gasteiger partial charge in [-0.05, 0) is 50.6 Å². The highest BCUT2D eigenvalue weighted by molar-refractivity contribution is 5.14. The highest BCUT2D eigenvalue weighted by Crippen LogP contribution is 2.37. The summed E-state index contributed by atoms with van der Waals surface area (Å²) in [7, 11) is 0. The van der Waals surface area contributed by atoms with E-state index >= 15 is 0 Å². The Morgan fingerprint density at radius 3 is 2.25 bits per heavy atom. The first kappa shape index (κ1) is 15.4. The summed E-state index contributed by atoms with van der Waals surface area (Å²) in [6.07, 6.45) is -0.0992. The Balaban J connectivity index is 1.60. The van der Waals surface area contributed by atoms with Crippen molar-refractivity contribution in [1.29, 1.82) is 0 Å². The van der Waals surface area contributed by atoms with E-state index in [9.17, 15) is 13.2 Å². The van der Waals surface area contributed by atoms with Gasteiger partial charge < -0.3 is 5.32 Å². The van der Waals surface area contributed by atoms with Crippen LogP contribution in [-0.4, -0.2) is 18.8 Å². The molecule has 1 nitrogen and oxygen atoms in total. The van der Waals surface area contributed by atoms with E-state index in [-0.39, 0.29) is 18.9 Å². The van der Waals surface area contributed by atoms with Crippen LogP contribution in [0.2, 0.25) is 0 Å². The molecule has 0 aliphatic heterocycles. The van der Waals surface area contributed by atoms with E-state index in [1.165, 1.54) is 5.56 Å². The van der Waals surface area contributed by atoms with Gasteiger partial charge in [-0.15, -0.1) is 0 Å². The van der Waals surface area contributed by atoms with Crippen molar-refractivity contribution in [3.63, 3.8) is 0 Å². The summed E-state index contributed by atoms with van der Waals surface area (Å²) >= 11 is 0. The molecule has 0 heterocycles. The van der Waals surface area contributed by atoms with Gasteiger partial charge in [-0.1, -0.05) is 30.3 Å². The maximum Gasteiger partial charge on any atom is 0.391 e. The fourth-order valence-electron chi connectivity index (χ4n) is 2.87. The summed E-state index contributed by atoms with van der Waals surface area (Å²) in [5.41, 5.74) is 1.31. The minimum Gasteiger partial charge on any atom is -0.314 e. The summed E-state index contributed by atoms with van der Waals surface area (Å²) in [6.45, 7) is 0.885. The molecule has 112 valence electrons. The molecule has 1 aromatic carbocycles. The standard InChI is InChI=1S/C16H22F3N/c17-16(18,19)14-8-10-15(11-9-14)20-12-4-7-13-5-2-1-3-6-13/h1-3,5-6,14-15,20H,4,7-12H2. The topological polar surface area (TPSA) is 12.0 Å². The van der Waals surface area contributed by atoms with Crippen LogP contribution in [0.25, 0.3) is 0 Å². The molecule has 0 radical (unpaired) electrons. The predicted molar refractivity (Wildman–Crippen MR) is 74.6 cm³/mol. The lowest BCUT2D eigenvalue weighted by Crippen LogP contribution is -2.37. The van der Waals surface area contributed by atoms with E-state index in [1.54, 1.807) is 0 Å². The lowest BCUT2D eigenvalue weighted by atomic mass is 9.85. The number of alkyl halides is 3. The van der Waals surface area contributed by atoms with Crippen molar-refractivity contribution in [1.82, 2.24) is 5.32 Å². The Hall–Kier alpha value is -1.03. The van der Waals surface area contributed by atoms with Crippen molar-refractivity contribution in [3.8, 4) is 0 Å². The van der Waals surface area contributed by atoms with Crippen LogP contribution in [0.1, 0.15) is 37.7 Å². The molecule has 1 N–H and O–H groups in total.